The second kappa shape index (κ2) is 7.50. The van der Waals surface area contributed by atoms with Gasteiger partial charge in [0.05, 0.1) is 29.5 Å². The fourth-order valence-corrected chi connectivity index (χ4v) is 3.94. The molecule has 1 unspecified atom stereocenters. The molecule has 6 heteroatoms. The van der Waals surface area contributed by atoms with Crippen molar-refractivity contribution < 1.29 is 4.42 Å². The highest BCUT2D eigenvalue weighted by Crippen LogP contribution is 2.34. The molecule has 0 aliphatic carbocycles. The van der Waals surface area contributed by atoms with Crippen LogP contribution in [0.25, 0.3) is 11.0 Å². The van der Waals surface area contributed by atoms with Gasteiger partial charge in [0.1, 0.15) is 5.58 Å². The number of nitrogens with one attached hydrogen (secondary N) is 1. The molecule has 1 aliphatic rings. The summed E-state index contributed by atoms with van der Waals surface area (Å²) in [5, 5.41) is 11.8. The number of hydrogen-bond donors (Lipinski definition) is 1. The predicted molar refractivity (Wildman–Crippen MR) is 117 cm³/mol. The zero-order chi connectivity index (χ0) is 20.6. The molecule has 29 heavy (non-hydrogen) atoms. The molecule has 0 saturated carbocycles. The van der Waals surface area contributed by atoms with Crippen molar-refractivity contribution in [3.63, 3.8) is 0 Å². The van der Waals surface area contributed by atoms with Gasteiger partial charge in [-0.1, -0.05) is 19.9 Å². The summed E-state index contributed by atoms with van der Waals surface area (Å²) in [6, 6.07) is 7.46. The molecule has 1 fully saturated rings. The Morgan fingerprint density at radius 2 is 1.93 bits per heavy atom. The van der Waals surface area contributed by atoms with Gasteiger partial charge < -0.3 is 14.6 Å². The van der Waals surface area contributed by atoms with Crippen LogP contribution in [-0.4, -0.2) is 23.3 Å². The van der Waals surface area contributed by atoms with Crippen LogP contribution in [-0.2, 0) is 0 Å². The summed E-state index contributed by atoms with van der Waals surface area (Å²) in [6.45, 7) is 10.5. The van der Waals surface area contributed by atoms with Crippen molar-refractivity contribution in [3.05, 3.63) is 58.0 Å². The Morgan fingerprint density at radius 3 is 2.62 bits per heavy atom. The SMILES string of the molecule is Cc1cc(C(C)Nc2ccnnc2)c2oc(N3CCC(C)(C)CC3)cc(=O)c2c1. The van der Waals surface area contributed by atoms with Gasteiger partial charge in [0.2, 0.25) is 0 Å². The fourth-order valence-electron chi connectivity index (χ4n) is 3.94. The van der Waals surface area contributed by atoms with Gasteiger partial charge in [-0.05, 0) is 49.8 Å². The molecule has 152 valence electrons. The van der Waals surface area contributed by atoms with E-state index >= 15 is 0 Å². The maximum atomic E-state index is 12.9. The van der Waals surface area contributed by atoms with E-state index in [1.54, 1.807) is 18.5 Å². The van der Waals surface area contributed by atoms with Gasteiger partial charge in [0.25, 0.3) is 0 Å². The third-order valence-corrected chi connectivity index (χ3v) is 5.85. The van der Waals surface area contributed by atoms with E-state index in [9.17, 15) is 4.79 Å². The molecule has 1 aromatic carbocycles. The third kappa shape index (κ3) is 4.11. The van der Waals surface area contributed by atoms with Gasteiger partial charge in [-0.3, -0.25) is 4.79 Å². The van der Waals surface area contributed by atoms with E-state index in [-0.39, 0.29) is 11.5 Å². The largest absolute Gasteiger partial charge is 0.440 e. The maximum Gasteiger partial charge on any atom is 0.200 e. The highest BCUT2D eigenvalue weighted by Gasteiger charge is 2.27. The van der Waals surface area contributed by atoms with Crippen LogP contribution in [0, 0.1) is 12.3 Å². The zero-order valence-electron chi connectivity index (χ0n) is 17.5. The molecule has 6 nitrogen and oxygen atoms in total. The van der Waals surface area contributed by atoms with Crippen molar-refractivity contribution in [1.82, 2.24) is 10.2 Å². The van der Waals surface area contributed by atoms with Crippen LogP contribution in [0.1, 0.15) is 50.8 Å². The Balaban J connectivity index is 1.74. The number of aryl methyl sites for hydroxylation is 1. The minimum absolute atomic E-state index is 0.00816. The smallest absolute Gasteiger partial charge is 0.200 e. The first kappa shape index (κ1) is 19.4. The van der Waals surface area contributed by atoms with Crippen LogP contribution in [0.4, 0.5) is 11.6 Å². The molecule has 3 aromatic rings. The first-order valence-corrected chi connectivity index (χ1v) is 10.2. The number of fused-ring (bicyclic) bond motifs is 1. The van der Waals surface area contributed by atoms with E-state index in [4.69, 9.17) is 4.42 Å². The Hall–Kier alpha value is -2.89. The normalized spacial score (nSPS) is 17.3. The van der Waals surface area contributed by atoms with Crippen molar-refractivity contribution in [2.45, 2.75) is 46.6 Å². The van der Waals surface area contributed by atoms with Gasteiger partial charge >= 0.3 is 0 Å². The van der Waals surface area contributed by atoms with Crippen molar-refractivity contribution in [2.75, 3.05) is 23.3 Å². The highest BCUT2D eigenvalue weighted by atomic mass is 16.4. The summed E-state index contributed by atoms with van der Waals surface area (Å²) in [5.74, 6) is 0.667. The molecule has 1 saturated heterocycles. The van der Waals surface area contributed by atoms with E-state index in [1.165, 1.54) is 0 Å². The van der Waals surface area contributed by atoms with E-state index in [0.717, 1.165) is 42.7 Å². The van der Waals surface area contributed by atoms with Crippen molar-refractivity contribution in [1.29, 1.82) is 0 Å². The van der Waals surface area contributed by atoms with Crippen molar-refractivity contribution in [3.8, 4) is 0 Å². The average molecular weight is 393 g/mol. The van der Waals surface area contributed by atoms with Gasteiger partial charge in [-0.15, -0.1) is 0 Å². The fraction of sp³-hybridized carbons (Fsp3) is 0.435. The number of anilines is 2. The van der Waals surface area contributed by atoms with Gasteiger partial charge in [0, 0.05) is 24.7 Å². The summed E-state index contributed by atoms with van der Waals surface area (Å²) in [7, 11) is 0. The van der Waals surface area contributed by atoms with E-state index in [1.807, 2.05) is 19.1 Å². The molecule has 0 bridgehead atoms. The molecule has 2 aromatic heterocycles. The van der Waals surface area contributed by atoms with Crippen LogP contribution >= 0.6 is 0 Å². The first-order valence-electron chi connectivity index (χ1n) is 10.2. The van der Waals surface area contributed by atoms with Crippen LogP contribution in [0.15, 0.2) is 45.9 Å². The molecule has 3 heterocycles. The van der Waals surface area contributed by atoms with Gasteiger partial charge in [0.15, 0.2) is 11.3 Å². The second-order valence-electron chi connectivity index (χ2n) is 8.83. The predicted octanol–water partition coefficient (Wildman–Crippen LogP) is 4.69. The molecule has 1 aliphatic heterocycles. The van der Waals surface area contributed by atoms with Gasteiger partial charge in [-0.25, -0.2) is 0 Å². The number of nitrogens with zero attached hydrogens (tertiary/aromatic N) is 3. The number of rotatable bonds is 4. The Bertz CT molecular complexity index is 1070. The van der Waals surface area contributed by atoms with Crippen molar-refractivity contribution >= 4 is 22.5 Å². The zero-order valence-corrected chi connectivity index (χ0v) is 17.5. The molecule has 0 amide bonds. The number of piperidine rings is 1. The monoisotopic (exact) mass is 392 g/mol. The van der Waals surface area contributed by atoms with Crippen LogP contribution < -0.4 is 15.6 Å². The first-order chi connectivity index (χ1) is 13.8. The van der Waals surface area contributed by atoms with Crippen LogP contribution in [0.5, 0.6) is 0 Å². The average Bonchev–Trinajstić information content (AvgIpc) is 2.68. The Morgan fingerprint density at radius 1 is 1.17 bits per heavy atom. The molecule has 4 rings (SSSR count). The third-order valence-electron chi connectivity index (χ3n) is 5.85. The summed E-state index contributed by atoms with van der Waals surface area (Å²) in [6.07, 6.45) is 5.51. The molecular formula is C23H28N4O2. The summed E-state index contributed by atoms with van der Waals surface area (Å²) in [4.78, 5) is 15.1. The number of benzene rings is 1. The maximum absolute atomic E-state index is 12.9. The molecule has 1 atom stereocenters. The second-order valence-corrected chi connectivity index (χ2v) is 8.83. The van der Waals surface area contributed by atoms with E-state index in [2.05, 4.69) is 47.3 Å². The lowest BCUT2D eigenvalue weighted by Crippen LogP contribution is -2.37. The quantitative estimate of drug-likeness (QED) is 0.694. The molecule has 1 N–H and O–H groups in total. The molecule has 0 spiro atoms. The summed E-state index contributed by atoms with van der Waals surface area (Å²) < 4.78 is 6.35. The summed E-state index contributed by atoms with van der Waals surface area (Å²) >= 11 is 0. The van der Waals surface area contributed by atoms with Crippen LogP contribution in [0.3, 0.4) is 0 Å². The van der Waals surface area contributed by atoms with Crippen molar-refractivity contribution in [2.24, 2.45) is 5.41 Å². The van der Waals surface area contributed by atoms with Crippen LogP contribution in [0.2, 0.25) is 0 Å². The lowest BCUT2D eigenvalue weighted by atomic mass is 9.83. The molecule has 0 radical (unpaired) electrons. The van der Waals surface area contributed by atoms with Gasteiger partial charge in [-0.2, -0.15) is 10.2 Å². The van der Waals surface area contributed by atoms with E-state index < -0.39 is 0 Å². The van der Waals surface area contributed by atoms with E-state index in [0.29, 0.717) is 22.3 Å². The topological polar surface area (TPSA) is 71.3 Å². The minimum atomic E-state index is -0.0553. The number of hydrogen-bond acceptors (Lipinski definition) is 6. The molecular weight excluding hydrogens is 364 g/mol. The number of aromatic nitrogens is 2. The standard InChI is InChI=1S/C23H28N4O2/c1-15-11-18(16(2)26-17-5-8-24-25-14-17)22-19(12-15)20(28)13-21(29-22)27-9-6-23(3,4)7-10-27/h5,8,11-14,16H,6-7,9-10H2,1-4H3,(H,24,26). The summed E-state index contributed by atoms with van der Waals surface area (Å²) in [5.41, 5.74) is 3.88. The lowest BCUT2D eigenvalue weighted by molar-refractivity contribution is 0.274. The Labute approximate surface area is 170 Å². The highest BCUT2D eigenvalue weighted by molar-refractivity contribution is 5.82. The lowest BCUT2D eigenvalue weighted by Gasteiger charge is -2.37. The Kier molecular flexibility index (Phi) is 5.03. The minimum Gasteiger partial charge on any atom is -0.440 e.